The minimum Gasteiger partial charge on any atom is -0.312 e. The van der Waals surface area contributed by atoms with Gasteiger partial charge in [-0.25, -0.2) is 8.42 Å². The van der Waals surface area contributed by atoms with Crippen LogP contribution in [0.2, 0.25) is 0 Å². The Bertz CT molecular complexity index is 289. The third-order valence-electron chi connectivity index (χ3n) is 3.05. The molecule has 0 amide bonds. The molecular weight excluding hydrogens is 188 g/mol. The van der Waals surface area contributed by atoms with Crippen molar-refractivity contribution in [1.82, 2.24) is 4.72 Å². The van der Waals surface area contributed by atoms with Crippen LogP contribution in [-0.2, 0) is 10.0 Å². The third kappa shape index (κ3) is 2.42. The number of hydrogen-bond donors (Lipinski definition) is 2. The van der Waals surface area contributed by atoms with Crippen LogP contribution in [0, 0.1) is 11.8 Å². The zero-order valence-corrected chi connectivity index (χ0v) is 9.19. The molecule has 1 aliphatic carbocycles. The van der Waals surface area contributed by atoms with Gasteiger partial charge < -0.3 is 5.73 Å². The molecule has 0 aromatic carbocycles. The third-order valence-corrected chi connectivity index (χ3v) is 3.81. The first-order valence-corrected chi connectivity index (χ1v) is 6.41. The SMILES string of the molecule is CC1CCC(N)(NS(C)(=O)=O)C1C. The number of sulfonamides is 1. The number of nitrogens with two attached hydrogens (primary N) is 1. The Labute approximate surface area is 79.9 Å². The van der Waals surface area contributed by atoms with Crippen LogP contribution in [0.5, 0.6) is 0 Å². The molecule has 3 atom stereocenters. The fraction of sp³-hybridized carbons (Fsp3) is 1.00. The highest BCUT2D eigenvalue weighted by Gasteiger charge is 2.42. The molecule has 1 aliphatic rings. The second-order valence-electron chi connectivity index (χ2n) is 4.22. The molecule has 78 valence electrons. The quantitative estimate of drug-likeness (QED) is 0.636. The van der Waals surface area contributed by atoms with Crippen LogP contribution in [0.25, 0.3) is 0 Å². The van der Waals surface area contributed by atoms with E-state index in [1.165, 1.54) is 0 Å². The van der Waals surface area contributed by atoms with E-state index in [-0.39, 0.29) is 5.92 Å². The minimum absolute atomic E-state index is 0.197. The van der Waals surface area contributed by atoms with Crippen LogP contribution in [0.3, 0.4) is 0 Å². The van der Waals surface area contributed by atoms with Crippen molar-refractivity contribution in [3.8, 4) is 0 Å². The topological polar surface area (TPSA) is 72.2 Å². The summed E-state index contributed by atoms with van der Waals surface area (Å²) in [5, 5.41) is 0. The fourth-order valence-electron chi connectivity index (χ4n) is 1.94. The van der Waals surface area contributed by atoms with Gasteiger partial charge in [0.15, 0.2) is 0 Å². The molecule has 1 saturated carbocycles. The van der Waals surface area contributed by atoms with Gasteiger partial charge in [0.2, 0.25) is 10.0 Å². The molecule has 4 nitrogen and oxygen atoms in total. The van der Waals surface area contributed by atoms with Crippen molar-refractivity contribution in [1.29, 1.82) is 0 Å². The summed E-state index contributed by atoms with van der Waals surface area (Å²) in [6, 6.07) is 0. The van der Waals surface area contributed by atoms with Crippen molar-refractivity contribution in [3.05, 3.63) is 0 Å². The summed E-state index contributed by atoms with van der Waals surface area (Å²) in [6.07, 6.45) is 2.86. The number of hydrogen-bond acceptors (Lipinski definition) is 3. The van der Waals surface area contributed by atoms with Crippen LogP contribution in [0.15, 0.2) is 0 Å². The summed E-state index contributed by atoms with van der Waals surface area (Å²) in [5.41, 5.74) is 5.26. The van der Waals surface area contributed by atoms with Gasteiger partial charge >= 0.3 is 0 Å². The lowest BCUT2D eigenvalue weighted by molar-refractivity contribution is 0.281. The smallest absolute Gasteiger partial charge is 0.210 e. The Morgan fingerprint density at radius 2 is 2.00 bits per heavy atom. The minimum atomic E-state index is -3.20. The predicted octanol–water partition coefficient (Wildman–Crippen LogP) is 0.257. The van der Waals surface area contributed by atoms with Crippen molar-refractivity contribution in [2.24, 2.45) is 17.6 Å². The summed E-state index contributed by atoms with van der Waals surface area (Å²) in [4.78, 5) is 0. The highest BCUT2D eigenvalue weighted by molar-refractivity contribution is 7.88. The van der Waals surface area contributed by atoms with Gasteiger partial charge in [-0.05, 0) is 24.7 Å². The van der Waals surface area contributed by atoms with Crippen LogP contribution >= 0.6 is 0 Å². The van der Waals surface area contributed by atoms with E-state index in [9.17, 15) is 8.42 Å². The molecule has 13 heavy (non-hydrogen) atoms. The average molecular weight is 206 g/mol. The first-order chi connectivity index (χ1) is 5.75. The molecule has 0 saturated heterocycles. The molecular formula is C8H18N2O2S. The molecule has 0 radical (unpaired) electrons. The maximum absolute atomic E-state index is 11.1. The van der Waals surface area contributed by atoms with Gasteiger partial charge in [-0.2, -0.15) is 4.72 Å². The molecule has 1 fully saturated rings. The largest absolute Gasteiger partial charge is 0.312 e. The molecule has 3 unspecified atom stereocenters. The van der Waals surface area contributed by atoms with E-state index >= 15 is 0 Å². The first kappa shape index (κ1) is 10.9. The molecule has 1 rings (SSSR count). The van der Waals surface area contributed by atoms with E-state index in [4.69, 9.17) is 5.73 Å². The Morgan fingerprint density at radius 1 is 1.46 bits per heavy atom. The zero-order chi connectivity index (χ0) is 10.3. The first-order valence-electron chi connectivity index (χ1n) is 4.52. The van der Waals surface area contributed by atoms with Crippen LogP contribution in [-0.4, -0.2) is 20.3 Å². The van der Waals surface area contributed by atoms with Crippen LogP contribution in [0.1, 0.15) is 26.7 Å². The van der Waals surface area contributed by atoms with Gasteiger partial charge in [0.25, 0.3) is 0 Å². The summed E-state index contributed by atoms with van der Waals surface area (Å²) in [6.45, 7) is 4.10. The van der Waals surface area contributed by atoms with Crippen LogP contribution in [0.4, 0.5) is 0 Å². The maximum Gasteiger partial charge on any atom is 0.210 e. The van der Waals surface area contributed by atoms with Crippen molar-refractivity contribution >= 4 is 10.0 Å². The van der Waals surface area contributed by atoms with E-state index in [0.29, 0.717) is 5.92 Å². The van der Waals surface area contributed by atoms with Crippen molar-refractivity contribution < 1.29 is 8.42 Å². The molecule has 5 heteroatoms. The van der Waals surface area contributed by atoms with E-state index in [2.05, 4.69) is 11.6 Å². The Hall–Kier alpha value is -0.130. The lowest BCUT2D eigenvalue weighted by Gasteiger charge is -2.30. The van der Waals surface area contributed by atoms with Gasteiger partial charge in [0.05, 0.1) is 11.9 Å². The lowest BCUT2D eigenvalue weighted by atomic mass is 9.94. The van der Waals surface area contributed by atoms with Crippen LogP contribution < -0.4 is 10.5 Å². The number of rotatable bonds is 2. The summed E-state index contributed by atoms with van der Waals surface area (Å²) in [7, 11) is -3.20. The van der Waals surface area contributed by atoms with Crippen molar-refractivity contribution in [2.45, 2.75) is 32.4 Å². The van der Waals surface area contributed by atoms with Crippen molar-refractivity contribution in [3.63, 3.8) is 0 Å². The number of nitrogens with one attached hydrogen (secondary N) is 1. The van der Waals surface area contributed by atoms with Gasteiger partial charge in [-0.1, -0.05) is 13.8 Å². The molecule has 0 heterocycles. The van der Waals surface area contributed by atoms with Crippen molar-refractivity contribution in [2.75, 3.05) is 6.26 Å². The molecule has 0 spiro atoms. The average Bonchev–Trinajstić information content (AvgIpc) is 2.14. The van der Waals surface area contributed by atoms with E-state index in [1.54, 1.807) is 0 Å². The summed E-state index contributed by atoms with van der Waals surface area (Å²) < 4.78 is 24.6. The monoisotopic (exact) mass is 206 g/mol. The highest BCUT2D eigenvalue weighted by atomic mass is 32.2. The normalized spacial score (nSPS) is 40.9. The van der Waals surface area contributed by atoms with E-state index in [1.807, 2.05) is 6.92 Å². The summed E-state index contributed by atoms with van der Waals surface area (Å²) >= 11 is 0. The standard InChI is InChI=1S/C8H18N2O2S/c1-6-4-5-8(9,7(6)2)10-13(3,11)12/h6-7,10H,4-5,9H2,1-3H3. The molecule has 0 bridgehead atoms. The van der Waals surface area contributed by atoms with Gasteiger partial charge in [0, 0.05) is 0 Å². The molecule has 3 N–H and O–H groups in total. The lowest BCUT2D eigenvalue weighted by Crippen LogP contribution is -2.57. The zero-order valence-electron chi connectivity index (χ0n) is 8.37. The highest BCUT2D eigenvalue weighted by Crippen LogP contribution is 2.36. The van der Waals surface area contributed by atoms with E-state index in [0.717, 1.165) is 19.1 Å². The molecule has 0 aliphatic heterocycles. The van der Waals surface area contributed by atoms with Gasteiger partial charge in [-0.3, -0.25) is 0 Å². The van der Waals surface area contributed by atoms with E-state index < -0.39 is 15.7 Å². The predicted molar refractivity (Wildman–Crippen MR) is 52.5 cm³/mol. The Balaban J connectivity index is 2.79. The van der Waals surface area contributed by atoms with Gasteiger partial charge in [0.1, 0.15) is 0 Å². The Morgan fingerprint density at radius 3 is 2.31 bits per heavy atom. The molecule has 0 aromatic rings. The second kappa shape index (κ2) is 3.22. The second-order valence-corrected chi connectivity index (χ2v) is 5.97. The molecule has 0 aromatic heterocycles. The maximum atomic E-state index is 11.1. The van der Waals surface area contributed by atoms with Gasteiger partial charge in [-0.15, -0.1) is 0 Å². The Kier molecular flexibility index (Phi) is 2.71. The fourth-order valence-corrected chi connectivity index (χ4v) is 2.92. The summed E-state index contributed by atoms with van der Waals surface area (Å²) in [5.74, 6) is 0.682.